The lowest BCUT2D eigenvalue weighted by Gasteiger charge is -2.04. The monoisotopic (exact) mass is 339 g/mol. The normalized spacial score (nSPS) is 10.5. The van der Waals surface area contributed by atoms with Gasteiger partial charge in [-0.2, -0.15) is 0 Å². The SMILES string of the molecule is CCCCOC(=O)CNC(=O)C=Cc1ccccc1Br. The molecule has 0 unspecified atom stereocenters. The molecule has 0 aliphatic heterocycles. The van der Waals surface area contributed by atoms with Crippen LogP contribution in [-0.4, -0.2) is 25.0 Å². The molecule has 1 N–H and O–H groups in total. The summed E-state index contributed by atoms with van der Waals surface area (Å²) < 4.78 is 5.84. The van der Waals surface area contributed by atoms with Crippen LogP contribution in [0.15, 0.2) is 34.8 Å². The van der Waals surface area contributed by atoms with E-state index in [1.54, 1.807) is 6.08 Å². The van der Waals surface area contributed by atoms with Gasteiger partial charge in [-0.05, 0) is 24.1 Å². The van der Waals surface area contributed by atoms with Crippen LogP contribution in [0.1, 0.15) is 25.3 Å². The van der Waals surface area contributed by atoms with Crippen molar-refractivity contribution in [3.8, 4) is 0 Å². The maximum absolute atomic E-state index is 11.5. The van der Waals surface area contributed by atoms with Gasteiger partial charge in [0.15, 0.2) is 0 Å². The number of amides is 1. The highest BCUT2D eigenvalue weighted by Crippen LogP contribution is 2.16. The first-order chi connectivity index (χ1) is 9.63. The first-order valence-electron chi connectivity index (χ1n) is 6.49. The highest BCUT2D eigenvalue weighted by atomic mass is 79.9. The van der Waals surface area contributed by atoms with Crippen molar-refractivity contribution in [3.63, 3.8) is 0 Å². The van der Waals surface area contributed by atoms with E-state index < -0.39 is 5.97 Å². The minimum Gasteiger partial charge on any atom is -0.464 e. The maximum atomic E-state index is 11.5. The number of ether oxygens (including phenoxy) is 1. The van der Waals surface area contributed by atoms with E-state index >= 15 is 0 Å². The molecule has 5 heteroatoms. The highest BCUT2D eigenvalue weighted by Gasteiger charge is 2.04. The molecule has 1 aromatic carbocycles. The molecule has 0 fully saturated rings. The van der Waals surface area contributed by atoms with Gasteiger partial charge < -0.3 is 10.1 Å². The smallest absolute Gasteiger partial charge is 0.325 e. The predicted molar refractivity (Wildman–Crippen MR) is 82.1 cm³/mol. The average Bonchev–Trinajstić information content (AvgIpc) is 2.44. The van der Waals surface area contributed by atoms with Gasteiger partial charge in [-0.25, -0.2) is 0 Å². The van der Waals surface area contributed by atoms with Gasteiger partial charge in [0.25, 0.3) is 0 Å². The minimum atomic E-state index is -0.416. The standard InChI is InChI=1S/C15H18BrNO3/c1-2-3-10-20-15(19)11-17-14(18)9-8-12-6-4-5-7-13(12)16/h4-9H,2-3,10-11H2,1H3,(H,17,18). The Morgan fingerprint density at radius 2 is 2.10 bits per heavy atom. The van der Waals surface area contributed by atoms with E-state index in [2.05, 4.69) is 21.2 Å². The van der Waals surface area contributed by atoms with Crippen LogP contribution in [0.25, 0.3) is 6.08 Å². The summed E-state index contributed by atoms with van der Waals surface area (Å²) in [6, 6.07) is 7.55. The Labute approximate surface area is 127 Å². The third-order valence-electron chi connectivity index (χ3n) is 2.49. The van der Waals surface area contributed by atoms with E-state index in [1.807, 2.05) is 31.2 Å². The summed E-state index contributed by atoms with van der Waals surface area (Å²) in [5.74, 6) is -0.741. The van der Waals surface area contributed by atoms with Crippen LogP contribution in [0.3, 0.4) is 0 Å². The average molecular weight is 340 g/mol. The minimum absolute atomic E-state index is 0.108. The molecule has 0 heterocycles. The molecule has 4 nitrogen and oxygen atoms in total. The number of esters is 1. The largest absolute Gasteiger partial charge is 0.464 e. The first-order valence-corrected chi connectivity index (χ1v) is 7.29. The van der Waals surface area contributed by atoms with Crippen LogP contribution in [0.4, 0.5) is 0 Å². The zero-order chi connectivity index (χ0) is 14.8. The quantitative estimate of drug-likeness (QED) is 0.472. The Bertz CT molecular complexity index is 486. The molecule has 0 saturated carbocycles. The van der Waals surface area contributed by atoms with Crippen LogP contribution in [0.2, 0.25) is 0 Å². The van der Waals surface area contributed by atoms with Gasteiger partial charge >= 0.3 is 5.97 Å². The zero-order valence-corrected chi connectivity index (χ0v) is 13.0. The lowest BCUT2D eigenvalue weighted by atomic mass is 10.2. The van der Waals surface area contributed by atoms with Crippen molar-refractivity contribution < 1.29 is 14.3 Å². The van der Waals surface area contributed by atoms with Crippen LogP contribution in [0, 0.1) is 0 Å². The third kappa shape index (κ3) is 6.52. The summed E-state index contributed by atoms with van der Waals surface area (Å²) in [7, 11) is 0. The summed E-state index contributed by atoms with van der Waals surface area (Å²) in [6.07, 6.45) is 4.87. The number of carbonyl (C=O) groups is 2. The molecule has 0 aromatic heterocycles. The fraction of sp³-hybridized carbons (Fsp3) is 0.333. The predicted octanol–water partition coefficient (Wildman–Crippen LogP) is 2.92. The Balaban J connectivity index is 2.33. The van der Waals surface area contributed by atoms with E-state index in [4.69, 9.17) is 4.74 Å². The number of halogens is 1. The fourth-order valence-electron chi connectivity index (χ4n) is 1.38. The highest BCUT2D eigenvalue weighted by molar-refractivity contribution is 9.10. The van der Waals surface area contributed by atoms with E-state index in [-0.39, 0.29) is 12.5 Å². The van der Waals surface area contributed by atoms with Crippen molar-refractivity contribution in [2.24, 2.45) is 0 Å². The van der Waals surface area contributed by atoms with E-state index in [0.29, 0.717) is 6.61 Å². The van der Waals surface area contributed by atoms with Crippen LogP contribution < -0.4 is 5.32 Å². The second-order valence-corrected chi connectivity index (χ2v) is 5.00. The van der Waals surface area contributed by atoms with Gasteiger partial charge in [-0.15, -0.1) is 0 Å². The summed E-state index contributed by atoms with van der Waals surface area (Å²) in [5.41, 5.74) is 0.896. The van der Waals surface area contributed by atoms with Crippen molar-refractivity contribution in [1.82, 2.24) is 5.32 Å². The molecule has 1 rings (SSSR count). The van der Waals surface area contributed by atoms with E-state index in [0.717, 1.165) is 22.9 Å². The topological polar surface area (TPSA) is 55.4 Å². The van der Waals surface area contributed by atoms with Gasteiger partial charge in [0.05, 0.1) is 6.61 Å². The van der Waals surface area contributed by atoms with Crippen molar-refractivity contribution >= 4 is 33.9 Å². The summed E-state index contributed by atoms with van der Waals surface area (Å²) in [4.78, 5) is 22.8. The molecule has 1 aromatic rings. The number of unbranched alkanes of at least 4 members (excludes halogenated alkanes) is 1. The molecule has 0 bridgehead atoms. The van der Waals surface area contributed by atoms with Crippen molar-refractivity contribution in [2.75, 3.05) is 13.2 Å². The lowest BCUT2D eigenvalue weighted by Crippen LogP contribution is -2.29. The van der Waals surface area contributed by atoms with Crippen molar-refractivity contribution in [1.29, 1.82) is 0 Å². The number of carbonyl (C=O) groups excluding carboxylic acids is 2. The van der Waals surface area contributed by atoms with Gasteiger partial charge in [0, 0.05) is 10.5 Å². The number of benzene rings is 1. The second-order valence-electron chi connectivity index (χ2n) is 4.15. The number of hydrogen-bond acceptors (Lipinski definition) is 3. The molecular formula is C15H18BrNO3. The van der Waals surface area contributed by atoms with Crippen LogP contribution in [0.5, 0.6) is 0 Å². The molecule has 0 spiro atoms. The molecule has 0 aliphatic rings. The zero-order valence-electron chi connectivity index (χ0n) is 11.4. The van der Waals surface area contributed by atoms with Crippen molar-refractivity contribution in [3.05, 3.63) is 40.4 Å². The molecule has 0 atom stereocenters. The summed E-state index contributed by atoms with van der Waals surface area (Å²) in [6.45, 7) is 2.31. The molecule has 1 amide bonds. The maximum Gasteiger partial charge on any atom is 0.325 e. The molecule has 20 heavy (non-hydrogen) atoms. The van der Waals surface area contributed by atoms with Gasteiger partial charge in [-0.3, -0.25) is 9.59 Å². The second kappa shape index (κ2) is 9.31. The number of hydrogen-bond donors (Lipinski definition) is 1. The molecule has 0 aliphatic carbocycles. The molecular weight excluding hydrogens is 322 g/mol. The first kappa shape index (κ1) is 16.4. The van der Waals surface area contributed by atoms with Gasteiger partial charge in [0.2, 0.25) is 5.91 Å². The van der Waals surface area contributed by atoms with Gasteiger partial charge in [0.1, 0.15) is 6.54 Å². The number of rotatable bonds is 7. The Hall–Kier alpha value is -1.62. The Kier molecular flexibility index (Phi) is 7.65. The molecule has 108 valence electrons. The van der Waals surface area contributed by atoms with Crippen molar-refractivity contribution in [2.45, 2.75) is 19.8 Å². The molecule has 0 radical (unpaired) electrons. The summed E-state index contributed by atoms with van der Waals surface area (Å²) in [5, 5.41) is 2.48. The third-order valence-corrected chi connectivity index (χ3v) is 3.21. The van der Waals surface area contributed by atoms with E-state index in [1.165, 1.54) is 6.08 Å². The van der Waals surface area contributed by atoms with Gasteiger partial charge in [-0.1, -0.05) is 47.5 Å². The Morgan fingerprint density at radius 1 is 1.35 bits per heavy atom. The summed E-state index contributed by atoms with van der Waals surface area (Å²) >= 11 is 3.39. The lowest BCUT2D eigenvalue weighted by molar-refractivity contribution is -0.143. The van der Waals surface area contributed by atoms with E-state index in [9.17, 15) is 9.59 Å². The molecule has 0 saturated heterocycles. The van der Waals surface area contributed by atoms with Crippen LogP contribution in [-0.2, 0) is 14.3 Å². The Morgan fingerprint density at radius 3 is 2.80 bits per heavy atom. The van der Waals surface area contributed by atoms with Crippen LogP contribution >= 0.6 is 15.9 Å². The number of nitrogens with one attached hydrogen (secondary N) is 1. The fourth-order valence-corrected chi connectivity index (χ4v) is 1.79.